The van der Waals surface area contributed by atoms with Gasteiger partial charge < -0.3 is 5.32 Å². The summed E-state index contributed by atoms with van der Waals surface area (Å²) in [5, 5.41) is 2.99. The van der Waals surface area contributed by atoms with Gasteiger partial charge in [-0.15, -0.1) is 0 Å². The van der Waals surface area contributed by atoms with Crippen LogP contribution in [0.15, 0.2) is 24.3 Å². The SMILES string of the molecule is CNC(c1ccc(F)cc1)C1CCCCC1C(F)(F)F. The fraction of sp³-hybridized carbons (Fsp3) is 0.600. The van der Waals surface area contributed by atoms with Gasteiger partial charge in [-0.25, -0.2) is 4.39 Å². The third-order valence-electron chi connectivity index (χ3n) is 4.21. The average Bonchev–Trinajstić information content (AvgIpc) is 2.41. The molecule has 2 rings (SSSR count). The van der Waals surface area contributed by atoms with Crippen molar-refractivity contribution in [1.29, 1.82) is 0 Å². The van der Waals surface area contributed by atoms with Crippen LogP contribution >= 0.6 is 0 Å². The molecule has 112 valence electrons. The van der Waals surface area contributed by atoms with E-state index in [0.29, 0.717) is 12.8 Å². The van der Waals surface area contributed by atoms with Gasteiger partial charge in [0.15, 0.2) is 0 Å². The minimum atomic E-state index is -4.17. The van der Waals surface area contributed by atoms with E-state index in [-0.39, 0.29) is 18.3 Å². The van der Waals surface area contributed by atoms with Crippen LogP contribution < -0.4 is 5.32 Å². The molecule has 1 nitrogen and oxygen atoms in total. The van der Waals surface area contributed by atoms with Crippen LogP contribution in [0.1, 0.15) is 37.3 Å². The van der Waals surface area contributed by atoms with Crippen molar-refractivity contribution in [3.05, 3.63) is 35.6 Å². The minimum absolute atomic E-state index is 0.188. The molecule has 1 N–H and O–H groups in total. The van der Waals surface area contributed by atoms with Crippen LogP contribution in [0.2, 0.25) is 0 Å². The van der Waals surface area contributed by atoms with Gasteiger partial charge in [0.1, 0.15) is 5.82 Å². The van der Waals surface area contributed by atoms with Crippen molar-refractivity contribution in [2.75, 3.05) is 7.05 Å². The van der Waals surface area contributed by atoms with Gasteiger partial charge in [-0.1, -0.05) is 25.0 Å². The van der Waals surface area contributed by atoms with Crippen molar-refractivity contribution in [2.45, 2.75) is 37.9 Å². The molecule has 3 unspecified atom stereocenters. The molecule has 0 aliphatic heterocycles. The maximum atomic E-state index is 13.2. The highest BCUT2D eigenvalue weighted by Crippen LogP contribution is 2.46. The summed E-state index contributed by atoms with van der Waals surface area (Å²) in [7, 11) is 1.66. The number of nitrogens with one attached hydrogen (secondary N) is 1. The molecule has 1 aromatic rings. The third-order valence-corrected chi connectivity index (χ3v) is 4.21. The fourth-order valence-corrected chi connectivity index (χ4v) is 3.26. The summed E-state index contributed by atoms with van der Waals surface area (Å²) in [5.74, 6) is -2.14. The summed E-state index contributed by atoms with van der Waals surface area (Å²) in [6.45, 7) is 0. The molecule has 1 fully saturated rings. The van der Waals surface area contributed by atoms with Gasteiger partial charge >= 0.3 is 6.18 Å². The topological polar surface area (TPSA) is 12.0 Å². The lowest BCUT2D eigenvalue weighted by Crippen LogP contribution is -2.39. The van der Waals surface area contributed by atoms with E-state index in [0.717, 1.165) is 12.0 Å². The highest BCUT2D eigenvalue weighted by atomic mass is 19.4. The third kappa shape index (κ3) is 3.32. The highest BCUT2D eigenvalue weighted by Gasteiger charge is 2.47. The van der Waals surface area contributed by atoms with Gasteiger partial charge in [0.25, 0.3) is 0 Å². The summed E-state index contributed by atoms with van der Waals surface area (Å²) in [6, 6.07) is 5.34. The highest BCUT2D eigenvalue weighted by molar-refractivity contribution is 5.21. The lowest BCUT2D eigenvalue weighted by Gasteiger charge is -2.38. The normalized spacial score (nSPS) is 25.4. The lowest BCUT2D eigenvalue weighted by molar-refractivity contribution is -0.199. The zero-order chi connectivity index (χ0) is 14.8. The second-order valence-corrected chi connectivity index (χ2v) is 5.41. The Morgan fingerprint density at radius 1 is 1.10 bits per heavy atom. The van der Waals surface area contributed by atoms with Crippen LogP contribution in [-0.2, 0) is 0 Å². The molecule has 0 saturated heterocycles. The van der Waals surface area contributed by atoms with E-state index in [1.165, 1.54) is 12.1 Å². The van der Waals surface area contributed by atoms with E-state index in [4.69, 9.17) is 0 Å². The minimum Gasteiger partial charge on any atom is -0.313 e. The Hall–Kier alpha value is -1.10. The van der Waals surface area contributed by atoms with Gasteiger partial charge in [0.2, 0.25) is 0 Å². The largest absolute Gasteiger partial charge is 0.392 e. The Bertz CT molecular complexity index is 426. The van der Waals surface area contributed by atoms with E-state index in [1.807, 2.05) is 0 Å². The predicted octanol–water partition coefficient (Wildman–Crippen LogP) is 4.45. The van der Waals surface area contributed by atoms with Crippen molar-refractivity contribution < 1.29 is 17.6 Å². The molecule has 1 saturated carbocycles. The van der Waals surface area contributed by atoms with Gasteiger partial charge in [0.05, 0.1) is 5.92 Å². The molecule has 3 atom stereocenters. The number of hydrogen-bond donors (Lipinski definition) is 1. The number of benzene rings is 1. The molecule has 0 amide bonds. The first-order valence-corrected chi connectivity index (χ1v) is 6.93. The maximum Gasteiger partial charge on any atom is 0.392 e. The molecule has 20 heavy (non-hydrogen) atoms. The maximum absolute atomic E-state index is 13.2. The smallest absolute Gasteiger partial charge is 0.313 e. The predicted molar refractivity (Wildman–Crippen MR) is 69.7 cm³/mol. The molecule has 5 heteroatoms. The molecule has 1 aromatic carbocycles. The monoisotopic (exact) mass is 289 g/mol. The van der Waals surface area contributed by atoms with Crippen LogP contribution in [0.3, 0.4) is 0 Å². The summed E-state index contributed by atoms with van der Waals surface area (Å²) < 4.78 is 52.5. The Kier molecular flexibility index (Phi) is 4.68. The average molecular weight is 289 g/mol. The molecular weight excluding hydrogens is 270 g/mol. The Morgan fingerprint density at radius 2 is 1.70 bits per heavy atom. The first-order valence-electron chi connectivity index (χ1n) is 6.93. The van der Waals surface area contributed by atoms with E-state index in [2.05, 4.69) is 5.32 Å². The quantitative estimate of drug-likeness (QED) is 0.810. The molecule has 0 heterocycles. The Morgan fingerprint density at radius 3 is 2.25 bits per heavy atom. The standard InChI is InChI=1S/C15H19F4N/c1-20-14(10-6-8-11(16)9-7-10)12-4-2-3-5-13(12)15(17,18)19/h6-9,12-14,20H,2-5H2,1H3. The molecule has 0 radical (unpaired) electrons. The van der Waals surface area contributed by atoms with Gasteiger partial charge in [-0.2, -0.15) is 13.2 Å². The van der Waals surface area contributed by atoms with Gasteiger partial charge in [-0.3, -0.25) is 0 Å². The molecular formula is C15H19F4N. The van der Waals surface area contributed by atoms with Gasteiger partial charge in [-0.05, 0) is 43.5 Å². The summed E-state index contributed by atoms with van der Waals surface area (Å²) in [6.07, 6.45) is -1.99. The number of hydrogen-bond acceptors (Lipinski definition) is 1. The van der Waals surface area contributed by atoms with Gasteiger partial charge in [0, 0.05) is 6.04 Å². The first-order chi connectivity index (χ1) is 9.43. The van der Waals surface area contributed by atoms with Crippen LogP contribution in [0.4, 0.5) is 17.6 Å². The molecule has 0 aromatic heterocycles. The van der Waals surface area contributed by atoms with Crippen molar-refractivity contribution in [3.8, 4) is 0 Å². The zero-order valence-electron chi connectivity index (χ0n) is 11.4. The zero-order valence-corrected chi connectivity index (χ0v) is 11.4. The van der Waals surface area contributed by atoms with Crippen LogP contribution in [-0.4, -0.2) is 13.2 Å². The number of rotatable bonds is 3. The molecule has 1 aliphatic rings. The fourth-order valence-electron chi connectivity index (χ4n) is 3.26. The summed E-state index contributed by atoms with van der Waals surface area (Å²) in [5.41, 5.74) is 0.718. The second kappa shape index (κ2) is 6.12. The van der Waals surface area contributed by atoms with Crippen molar-refractivity contribution in [3.63, 3.8) is 0 Å². The molecule has 1 aliphatic carbocycles. The van der Waals surface area contributed by atoms with Crippen molar-refractivity contribution in [1.82, 2.24) is 5.32 Å². The summed E-state index contributed by atoms with van der Waals surface area (Å²) >= 11 is 0. The molecule has 0 bridgehead atoms. The van der Waals surface area contributed by atoms with Crippen LogP contribution in [0.25, 0.3) is 0 Å². The lowest BCUT2D eigenvalue weighted by atomic mass is 9.73. The van der Waals surface area contributed by atoms with Crippen LogP contribution in [0, 0.1) is 17.7 Å². The van der Waals surface area contributed by atoms with E-state index >= 15 is 0 Å². The van der Waals surface area contributed by atoms with E-state index in [9.17, 15) is 17.6 Å². The Labute approximate surface area is 116 Å². The number of halogens is 4. The van der Waals surface area contributed by atoms with E-state index in [1.54, 1.807) is 19.2 Å². The van der Waals surface area contributed by atoms with E-state index < -0.39 is 18.0 Å². The van der Waals surface area contributed by atoms with Crippen molar-refractivity contribution in [2.24, 2.45) is 11.8 Å². The first kappa shape index (κ1) is 15.3. The Balaban J connectivity index is 2.26. The molecule has 0 spiro atoms. The summed E-state index contributed by atoms with van der Waals surface area (Å²) in [4.78, 5) is 0. The number of alkyl halides is 3. The van der Waals surface area contributed by atoms with Crippen molar-refractivity contribution >= 4 is 0 Å². The second-order valence-electron chi connectivity index (χ2n) is 5.41. The van der Waals surface area contributed by atoms with Crippen LogP contribution in [0.5, 0.6) is 0 Å².